The number of nitriles is 1. The molecule has 1 fully saturated rings. The van der Waals surface area contributed by atoms with E-state index in [0.717, 1.165) is 32.1 Å². The molecule has 2 aromatic carbocycles. The smallest absolute Gasteiger partial charge is 0.248 e. The molecule has 1 aliphatic rings. The van der Waals surface area contributed by atoms with E-state index in [0.29, 0.717) is 25.8 Å². The van der Waals surface area contributed by atoms with Gasteiger partial charge in [-0.25, -0.2) is 0 Å². The third kappa shape index (κ3) is 9.51. The normalized spacial score (nSPS) is 14.6. The first-order valence-electron chi connectivity index (χ1n) is 13.7. The van der Waals surface area contributed by atoms with Gasteiger partial charge in [-0.05, 0) is 55.5 Å². The van der Waals surface area contributed by atoms with Gasteiger partial charge in [0, 0.05) is 12.1 Å². The maximum absolute atomic E-state index is 13.6. The highest BCUT2D eigenvalue weighted by molar-refractivity contribution is 6.00. The van der Waals surface area contributed by atoms with Crippen LogP contribution in [0.25, 0.3) is 0 Å². The third-order valence-electron chi connectivity index (χ3n) is 6.98. The Balaban J connectivity index is 1.81. The maximum Gasteiger partial charge on any atom is 0.248 e. The molecule has 41 heavy (non-hydrogen) atoms. The molecule has 0 aromatic heterocycles. The first-order valence-corrected chi connectivity index (χ1v) is 13.7. The highest BCUT2D eigenvalue weighted by Crippen LogP contribution is 2.33. The van der Waals surface area contributed by atoms with Crippen LogP contribution in [0, 0.1) is 17.2 Å². The molecule has 1 saturated carbocycles. The molecule has 3 rings (SSSR count). The SMILES string of the molecule is N#Cc1ccccc1Oc1cc(C(N)=O)ccc1NC(=O)[C@H](CC1CCCCC1)NC(=O)[C@@H](N)CCCN=C(N)N. The van der Waals surface area contributed by atoms with E-state index < -0.39 is 29.8 Å². The van der Waals surface area contributed by atoms with Crippen LogP contribution < -0.4 is 38.3 Å². The topological polar surface area (TPSA) is 225 Å². The summed E-state index contributed by atoms with van der Waals surface area (Å²) in [7, 11) is 0. The molecule has 2 aromatic rings. The van der Waals surface area contributed by atoms with Gasteiger partial charge in [0.15, 0.2) is 11.7 Å². The molecular weight excluding hydrogens is 524 g/mol. The van der Waals surface area contributed by atoms with Crippen molar-refractivity contribution < 1.29 is 19.1 Å². The number of para-hydroxylation sites is 1. The molecule has 10 N–H and O–H groups in total. The van der Waals surface area contributed by atoms with Gasteiger partial charge in [-0.15, -0.1) is 0 Å². The lowest BCUT2D eigenvalue weighted by atomic mass is 9.84. The van der Waals surface area contributed by atoms with Crippen LogP contribution in [-0.4, -0.2) is 42.3 Å². The lowest BCUT2D eigenvalue weighted by Crippen LogP contribution is -2.50. The lowest BCUT2D eigenvalue weighted by Gasteiger charge is -2.27. The predicted molar refractivity (Wildman–Crippen MR) is 156 cm³/mol. The van der Waals surface area contributed by atoms with Crippen molar-refractivity contribution in [3.63, 3.8) is 0 Å². The highest BCUT2D eigenvalue weighted by atomic mass is 16.5. The number of hydrogen-bond acceptors (Lipinski definition) is 7. The molecule has 12 nitrogen and oxygen atoms in total. The fourth-order valence-electron chi connectivity index (χ4n) is 4.77. The summed E-state index contributed by atoms with van der Waals surface area (Å²) in [5.74, 6) is -0.986. The minimum Gasteiger partial charge on any atom is -0.454 e. The van der Waals surface area contributed by atoms with Crippen molar-refractivity contribution in [3.05, 3.63) is 53.6 Å². The van der Waals surface area contributed by atoms with Crippen LogP contribution in [0.4, 0.5) is 5.69 Å². The zero-order valence-corrected chi connectivity index (χ0v) is 23.0. The van der Waals surface area contributed by atoms with Crippen molar-refractivity contribution in [2.75, 3.05) is 11.9 Å². The largest absolute Gasteiger partial charge is 0.454 e. The van der Waals surface area contributed by atoms with Gasteiger partial charge in [-0.1, -0.05) is 44.2 Å². The van der Waals surface area contributed by atoms with E-state index in [2.05, 4.69) is 21.7 Å². The van der Waals surface area contributed by atoms with Gasteiger partial charge in [-0.3, -0.25) is 19.4 Å². The number of ether oxygens (including phenoxy) is 1. The van der Waals surface area contributed by atoms with E-state index in [1.54, 1.807) is 24.3 Å². The number of hydrogen-bond donors (Lipinski definition) is 6. The fourth-order valence-corrected chi connectivity index (χ4v) is 4.77. The zero-order valence-electron chi connectivity index (χ0n) is 23.0. The Kier molecular flexibility index (Phi) is 11.5. The van der Waals surface area contributed by atoms with Gasteiger partial charge in [0.25, 0.3) is 0 Å². The third-order valence-corrected chi connectivity index (χ3v) is 6.98. The number of carbonyl (C=O) groups is 3. The number of carbonyl (C=O) groups excluding carboxylic acids is 3. The van der Waals surface area contributed by atoms with E-state index in [1.165, 1.54) is 18.2 Å². The molecule has 0 aliphatic heterocycles. The Bertz CT molecular complexity index is 1300. The number of nitrogens with one attached hydrogen (secondary N) is 2. The summed E-state index contributed by atoms with van der Waals surface area (Å²) >= 11 is 0. The minimum absolute atomic E-state index is 0.0319. The summed E-state index contributed by atoms with van der Waals surface area (Å²) in [6.45, 7) is 0.342. The summed E-state index contributed by atoms with van der Waals surface area (Å²) in [5.41, 5.74) is 22.9. The van der Waals surface area contributed by atoms with Gasteiger partial charge < -0.3 is 38.3 Å². The van der Waals surface area contributed by atoms with Crippen molar-refractivity contribution in [1.82, 2.24) is 5.32 Å². The molecule has 0 unspecified atom stereocenters. The number of guanidine groups is 1. The second-order valence-corrected chi connectivity index (χ2v) is 10.1. The second kappa shape index (κ2) is 15.2. The van der Waals surface area contributed by atoms with Crippen LogP contribution in [0.15, 0.2) is 47.5 Å². The zero-order chi connectivity index (χ0) is 29.8. The molecular formula is C29H38N8O4. The molecule has 218 valence electrons. The molecule has 1 aliphatic carbocycles. The van der Waals surface area contributed by atoms with E-state index in [-0.39, 0.29) is 40.2 Å². The lowest BCUT2D eigenvalue weighted by molar-refractivity contribution is -0.127. The van der Waals surface area contributed by atoms with Crippen LogP contribution in [0.3, 0.4) is 0 Å². The van der Waals surface area contributed by atoms with Gasteiger partial charge in [0.05, 0.1) is 17.3 Å². The summed E-state index contributed by atoms with van der Waals surface area (Å²) in [5, 5.41) is 15.1. The number of primary amides is 1. The van der Waals surface area contributed by atoms with Crippen molar-refractivity contribution in [3.8, 4) is 17.6 Å². The average Bonchev–Trinajstić information content (AvgIpc) is 2.96. The molecule has 3 amide bonds. The molecule has 0 saturated heterocycles. The Morgan fingerprint density at radius 3 is 2.44 bits per heavy atom. The predicted octanol–water partition coefficient (Wildman–Crippen LogP) is 2.22. The minimum atomic E-state index is -0.857. The summed E-state index contributed by atoms with van der Waals surface area (Å²) in [4.78, 5) is 42.3. The highest BCUT2D eigenvalue weighted by Gasteiger charge is 2.28. The fraction of sp³-hybridized carbons (Fsp3) is 0.414. The van der Waals surface area contributed by atoms with Crippen molar-refractivity contribution >= 4 is 29.4 Å². The van der Waals surface area contributed by atoms with Crippen LogP contribution in [0.1, 0.15) is 67.3 Å². The van der Waals surface area contributed by atoms with Crippen LogP contribution in [0.5, 0.6) is 11.5 Å². The number of benzene rings is 2. The van der Waals surface area contributed by atoms with Crippen LogP contribution in [0.2, 0.25) is 0 Å². The van der Waals surface area contributed by atoms with Crippen LogP contribution >= 0.6 is 0 Å². The van der Waals surface area contributed by atoms with Crippen molar-refractivity contribution in [2.45, 2.75) is 63.5 Å². The van der Waals surface area contributed by atoms with E-state index >= 15 is 0 Å². The van der Waals surface area contributed by atoms with Gasteiger partial charge in [0.1, 0.15) is 17.9 Å². The van der Waals surface area contributed by atoms with Crippen molar-refractivity contribution in [2.24, 2.45) is 33.8 Å². The first-order chi connectivity index (χ1) is 19.7. The standard InChI is InChI=1S/C29H38N8O4/c30-17-20-9-4-5-11-24(20)41-25-16-19(26(32)38)12-13-22(25)36-28(40)23(15-18-7-2-1-3-8-18)37-27(39)21(31)10-6-14-35-29(33)34/h4-5,9,11-13,16,18,21,23H,1-3,6-8,10,14-15,31H2,(H2,32,38)(H,36,40)(H,37,39)(H4,33,34,35)/t21-,23-/m0/s1. The van der Waals surface area contributed by atoms with E-state index in [9.17, 15) is 19.6 Å². The molecule has 0 spiro atoms. The second-order valence-electron chi connectivity index (χ2n) is 10.1. The summed E-state index contributed by atoms with van der Waals surface area (Å²) in [6, 6.07) is 11.3. The van der Waals surface area contributed by atoms with Gasteiger partial charge in [0.2, 0.25) is 17.7 Å². The molecule has 0 heterocycles. The number of amides is 3. The van der Waals surface area contributed by atoms with Crippen molar-refractivity contribution in [1.29, 1.82) is 5.26 Å². The summed E-state index contributed by atoms with van der Waals surface area (Å²) in [6.07, 6.45) is 6.52. The monoisotopic (exact) mass is 562 g/mol. The van der Waals surface area contributed by atoms with E-state index in [1.807, 2.05) is 0 Å². The average molecular weight is 563 g/mol. The van der Waals surface area contributed by atoms with Crippen LogP contribution in [-0.2, 0) is 9.59 Å². The van der Waals surface area contributed by atoms with E-state index in [4.69, 9.17) is 27.7 Å². The Labute approximate surface area is 239 Å². The number of rotatable bonds is 13. The Hall–Kier alpha value is -4.63. The maximum atomic E-state index is 13.6. The Morgan fingerprint density at radius 1 is 1.02 bits per heavy atom. The summed E-state index contributed by atoms with van der Waals surface area (Å²) < 4.78 is 5.96. The number of nitrogens with zero attached hydrogens (tertiary/aromatic N) is 2. The Morgan fingerprint density at radius 2 is 1.76 bits per heavy atom. The quantitative estimate of drug-likeness (QED) is 0.120. The van der Waals surface area contributed by atoms with Gasteiger partial charge in [-0.2, -0.15) is 5.26 Å². The first kappa shape index (κ1) is 30.9. The van der Waals surface area contributed by atoms with Gasteiger partial charge >= 0.3 is 0 Å². The molecule has 0 bridgehead atoms. The molecule has 2 atom stereocenters. The number of aliphatic imine (C=N–C) groups is 1. The molecule has 12 heteroatoms. The number of nitrogens with two attached hydrogens (primary N) is 4. The molecule has 0 radical (unpaired) electrons. The number of anilines is 1.